The number of aryl methyl sites for hydroxylation is 1. The average molecular weight is 220 g/mol. The summed E-state index contributed by atoms with van der Waals surface area (Å²) in [5.41, 5.74) is 5.06. The Balaban J connectivity index is 2.52. The van der Waals surface area contributed by atoms with Crippen LogP contribution in [0, 0.1) is 18.3 Å². The smallest absolute Gasteiger partial charge is 0.102 e. The normalized spacial score (nSPS) is 13.5. The summed E-state index contributed by atoms with van der Waals surface area (Å²) in [6, 6.07) is 12.6. The second-order valence-electron chi connectivity index (χ2n) is 4.40. The number of benzene rings is 2. The van der Waals surface area contributed by atoms with Crippen LogP contribution >= 0.6 is 0 Å². The Bertz CT molecular complexity index is 703. The molecule has 1 N–H and O–H groups in total. The van der Waals surface area contributed by atoms with Gasteiger partial charge in [-0.2, -0.15) is 5.26 Å². The van der Waals surface area contributed by atoms with E-state index in [0.29, 0.717) is 0 Å². The molecule has 17 heavy (non-hydrogen) atoms. The number of nitriles is 1. The van der Waals surface area contributed by atoms with Crippen molar-refractivity contribution in [3.05, 3.63) is 47.2 Å². The largest absolute Gasteiger partial charge is 0.357 e. The van der Waals surface area contributed by atoms with Crippen molar-refractivity contribution in [1.29, 1.82) is 5.26 Å². The van der Waals surface area contributed by atoms with Gasteiger partial charge < -0.3 is 5.32 Å². The monoisotopic (exact) mass is 220 g/mol. The van der Waals surface area contributed by atoms with Gasteiger partial charge in [-0.3, -0.25) is 0 Å². The molecule has 2 aromatic rings. The highest BCUT2D eigenvalue weighted by Crippen LogP contribution is 2.38. The van der Waals surface area contributed by atoms with Gasteiger partial charge in [-0.1, -0.05) is 30.3 Å². The molecule has 0 bridgehead atoms. The highest BCUT2D eigenvalue weighted by Gasteiger charge is 2.19. The molecule has 0 atom stereocenters. The van der Waals surface area contributed by atoms with Crippen LogP contribution in [-0.2, 0) is 0 Å². The van der Waals surface area contributed by atoms with Crippen molar-refractivity contribution in [2.75, 3.05) is 5.32 Å². The lowest BCUT2D eigenvalue weighted by molar-refractivity contribution is 1.33. The van der Waals surface area contributed by atoms with E-state index in [4.69, 9.17) is 0 Å². The van der Waals surface area contributed by atoms with E-state index in [1.165, 1.54) is 10.9 Å². The molecular weight excluding hydrogens is 208 g/mol. The standard InChI is InChI=1S/C15H12N2/c1-9-6-7-11-4-3-5-12-13(8-16)10(2)17-15(9)14(11)12/h3-7,17H,1-2H3. The average Bonchev–Trinajstić information content (AvgIpc) is 2.34. The number of nitrogens with one attached hydrogen (secondary N) is 1. The first kappa shape index (κ1) is 9.92. The third kappa shape index (κ3) is 1.26. The predicted molar refractivity (Wildman–Crippen MR) is 70.5 cm³/mol. The first-order chi connectivity index (χ1) is 8.22. The van der Waals surface area contributed by atoms with Crippen LogP contribution in [-0.4, -0.2) is 0 Å². The molecule has 2 aromatic carbocycles. The topological polar surface area (TPSA) is 35.8 Å². The molecule has 0 radical (unpaired) electrons. The quantitative estimate of drug-likeness (QED) is 0.732. The molecule has 0 fully saturated rings. The minimum Gasteiger partial charge on any atom is -0.357 e. The fourth-order valence-electron chi connectivity index (χ4n) is 2.45. The summed E-state index contributed by atoms with van der Waals surface area (Å²) in [5.74, 6) is 0. The molecule has 2 heteroatoms. The van der Waals surface area contributed by atoms with Gasteiger partial charge in [-0.05, 0) is 24.8 Å². The van der Waals surface area contributed by atoms with E-state index >= 15 is 0 Å². The second kappa shape index (κ2) is 3.36. The summed E-state index contributed by atoms with van der Waals surface area (Å²) in [7, 11) is 0. The van der Waals surface area contributed by atoms with Crippen LogP contribution in [0.25, 0.3) is 16.3 Å². The highest BCUT2D eigenvalue weighted by molar-refractivity contribution is 6.08. The van der Waals surface area contributed by atoms with Gasteiger partial charge in [0.25, 0.3) is 0 Å². The first-order valence-corrected chi connectivity index (χ1v) is 5.63. The third-order valence-corrected chi connectivity index (χ3v) is 3.32. The molecule has 3 rings (SSSR count). The van der Waals surface area contributed by atoms with Crippen LogP contribution < -0.4 is 5.32 Å². The van der Waals surface area contributed by atoms with Crippen LogP contribution in [0.5, 0.6) is 0 Å². The van der Waals surface area contributed by atoms with Crippen molar-refractivity contribution in [3.8, 4) is 6.07 Å². The molecule has 2 nitrogen and oxygen atoms in total. The highest BCUT2D eigenvalue weighted by atomic mass is 14.9. The summed E-state index contributed by atoms with van der Waals surface area (Å²) < 4.78 is 0. The van der Waals surface area contributed by atoms with E-state index in [0.717, 1.165) is 27.9 Å². The van der Waals surface area contributed by atoms with Crippen molar-refractivity contribution < 1.29 is 0 Å². The molecule has 0 spiro atoms. The van der Waals surface area contributed by atoms with E-state index in [-0.39, 0.29) is 0 Å². The van der Waals surface area contributed by atoms with Crippen molar-refractivity contribution in [1.82, 2.24) is 0 Å². The number of nitrogens with zero attached hydrogens (tertiary/aromatic N) is 1. The number of allylic oxidation sites excluding steroid dienone is 2. The van der Waals surface area contributed by atoms with E-state index in [9.17, 15) is 5.26 Å². The van der Waals surface area contributed by atoms with Crippen molar-refractivity contribution in [3.63, 3.8) is 0 Å². The van der Waals surface area contributed by atoms with Gasteiger partial charge in [-0.25, -0.2) is 0 Å². The molecule has 0 saturated carbocycles. The van der Waals surface area contributed by atoms with Gasteiger partial charge >= 0.3 is 0 Å². The number of rotatable bonds is 0. The van der Waals surface area contributed by atoms with Gasteiger partial charge in [0.05, 0.1) is 5.57 Å². The fraction of sp³-hybridized carbons (Fsp3) is 0.133. The summed E-state index contributed by atoms with van der Waals surface area (Å²) in [6.07, 6.45) is 0. The zero-order valence-corrected chi connectivity index (χ0v) is 9.83. The van der Waals surface area contributed by atoms with E-state index < -0.39 is 0 Å². The first-order valence-electron chi connectivity index (χ1n) is 5.63. The molecule has 82 valence electrons. The maximum absolute atomic E-state index is 9.26. The van der Waals surface area contributed by atoms with Crippen LogP contribution in [0.1, 0.15) is 18.1 Å². The second-order valence-corrected chi connectivity index (χ2v) is 4.40. The van der Waals surface area contributed by atoms with Gasteiger partial charge in [0.2, 0.25) is 0 Å². The molecule has 1 aliphatic rings. The van der Waals surface area contributed by atoms with Crippen LogP contribution in [0.3, 0.4) is 0 Å². The van der Waals surface area contributed by atoms with Gasteiger partial charge in [-0.15, -0.1) is 0 Å². The molecule has 1 heterocycles. The van der Waals surface area contributed by atoms with Gasteiger partial charge in [0.15, 0.2) is 0 Å². The van der Waals surface area contributed by atoms with E-state index in [1.807, 2.05) is 19.1 Å². The van der Waals surface area contributed by atoms with Gasteiger partial charge in [0, 0.05) is 22.3 Å². The number of hydrogen-bond donors (Lipinski definition) is 1. The van der Waals surface area contributed by atoms with Gasteiger partial charge in [0.1, 0.15) is 6.07 Å². The maximum atomic E-state index is 9.26. The lowest BCUT2D eigenvalue weighted by atomic mass is 9.92. The number of hydrogen-bond acceptors (Lipinski definition) is 2. The van der Waals surface area contributed by atoms with Crippen molar-refractivity contribution in [2.45, 2.75) is 13.8 Å². The summed E-state index contributed by atoms with van der Waals surface area (Å²) in [5, 5.41) is 14.9. The molecule has 0 aliphatic carbocycles. The Hall–Kier alpha value is -2.27. The number of anilines is 1. The Morgan fingerprint density at radius 1 is 1.12 bits per heavy atom. The third-order valence-electron chi connectivity index (χ3n) is 3.32. The van der Waals surface area contributed by atoms with Crippen LogP contribution in [0.15, 0.2) is 36.0 Å². The lowest BCUT2D eigenvalue weighted by Crippen LogP contribution is -2.07. The summed E-state index contributed by atoms with van der Waals surface area (Å²) in [6.45, 7) is 4.04. The molecule has 1 aliphatic heterocycles. The predicted octanol–water partition coefficient (Wildman–Crippen LogP) is 3.83. The van der Waals surface area contributed by atoms with Crippen molar-refractivity contribution >= 4 is 22.0 Å². The minimum absolute atomic E-state index is 0.744. The minimum atomic E-state index is 0.744. The Labute approximate surface area is 100 Å². The van der Waals surface area contributed by atoms with Crippen LogP contribution in [0.4, 0.5) is 5.69 Å². The Kier molecular flexibility index (Phi) is 1.96. The van der Waals surface area contributed by atoms with Crippen LogP contribution in [0.2, 0.25) is 0 Å². The Morgan fingerprint density at radius 3 is 2.71 bits per heavy atom. The zero-order valence-electron chi connectivity index (χ0n) is 9.83. The molecular formula is C15H12N2. The SMILES string of the molecule is CC1=C(C#N)c2cccc3ccc(C)c(c23)N1. The zero-order chi connectivity index (χ0) is 12.0. The molecule has 0 amide bonds. The summed E-state index contributed by atoms with van der Waals surface area (Å²) in [4.78, 5) is 0. The fourth-order valence-corrected chi connectivity index (χ4v) is 2.45. The molecule has 0 unspecified atom stereocenters. The Morgan fingerprint density at radius 2 is 1.94 bits per heavy atom. The molecule has 0 saturated heterocycles. The van der Waals surface area contributed by atoms with E-state index in [2.05, 4.69) is 36.5 Å². The lowest BCUT2D eigenvalue weighted by Gasteiger charge is -2.22. The summed E-state index contributed by atoms with van der Waals surface area (Å²) >= 11 is 0. The van der Waals surface area contributed by atoms with Crippen molar-refractivity contribution in [2.24, 2.45) is 0 Å². The maximum Gasteiger partial charge on any atom is 0.102 e. The van der Waals surface area contributed by atoms with E-state index in [1.54, 1.807) is 0 Å². The molecule has 0 aromatic heterocycles.